The molecule has 0 spiro atoms. The minimum Gasteiger partial charge on any atom is -0.478 e. The highest BCUT2D eigenvalue weighted by Gasteiger charge is 2.11. The molecule has 0 saturated heterocycles. The summed E-state index contributed by atoms with van der Waals surface area (Å²) >= 11 is 0. The fourth-order valence-corrected chi connectivity index (χ4v) is 3.04. The molecule has 2 aromatic carbocycles. The minimum atomic E-state index is -1.00. The molecule has 0 aliphatic heterocycles. The Kier molecular flexibility index (Phi) is 4.74. The van der Waals surface area contributed by atoms with E-state index in [1.54, 1.807) is 36.4 Å². The first-order valence-corrected chi connectivity index (χ1v) is 9.01. The molecule has 0 amide bonds. The van der Waals surface area contributed by atoms with Crippen molar-refractivity contribution in [1.29, 1.82) is 5.26 Å². The van der Waals surface area contributed by atoms with Crippen molar-refractivity contribution in [2.45, 2.75) is 6.92 Å². The van der Waals surface area contributed by atoms with E-state index in [2.05, 4.69) is 9.97 Å². The molecule has 0 aliphatic rings. The summed E-state index contributed by atoms with van der Waals surface area (Å²) in [7, 11) is 0. The zero-order chi connectivity index (χ0) is 21.3. The summed E-state index contributed by atoms with van der Waals surface area (Å²) in [5, 5.41) is 19.0. The molecule has 4 aromatic rings. The molecule has 2 aromatic heterocycles. The number of rotatable bonds is 4. The Morgan fingerprint density at radius 2 is 1.93 bits per heavy atom. The minimum absolute atomic E-state index is 0.151. The first kappa shape index (κ1) is 18.9. The first-order valence-electron chi connectivity index (χ1n) is 9.01. The maximum Gasteiger partial charge on any atom is 0.335 e. The van der Waals surface area contributed by atoms with Gasteiger partial charge in [-0.2, -0.15) is 5.26 Å². The van der Waals surface area contributed by atoms with Crippen LogP contribution in [0.25, 0.3) is 33.9 Å². The summed E-state index contributed by atoms with van der Waals surface area (Å²) < 4.78 is 5.77. The fraction of sp³-hybridized carbons (Fsp3) is 0.0435. The lowest BCUT2D eigenvalue weighted by Gasteiger charge is -2.02. The van der Waals surface area contributed by atoms with Crippen LogP contribution in [0.2, 0.25) is 0 Å². The van der Waals surface area contributed by atoms with Crippen molar-refractivity contribution < 1.29 is 14.3 Å². The maximum atomic E-state index is 12.4. The number of nitrogens with zero attached hydrogens (tertiary/aromatic N) is 2. The second-order valence-corrected chi connectivity index (χ2v) is 6.69. The second kappa shape index (κ2) is 7.53. The van der Waals surface area contributed by atoms with E-state index in [9.17, 15) is 14.9 Å². The number of carbonyl (C=O) groups is 1. The molecule has 2 heterocycles. The number of fused-ring (bicyclic) bond motifs is 1. The number of aromatic nitrogens is 2. The van der Waals surface area contributed by atoms with Crippen LogP contribution in [0, 0.1) is 18.3 Å². The van der Waals surface area contributed by atoms with Crippen LogP contribution in [0.4, 0.5) is 0 Å². The van der Waals surface area contributed by atoms with E-state index in [1.807, 2.05) is 19.1 Å². The van der Waals surface area contributed by atoms with Gasteiger partial charge in [0.15, 0.2) is 5.82 Å². The third-order valence-corrected chi connectivity index (χ3v) is 4.57. The summed E-state index contributed by atoms with van der Waals surface area (Å²) in [6, 6.07) is 17.0. The summed E-state index contributed by atoms with van der Waals surface area (Å²) in [5.74, 6) is 0.0710. The number of aromatic carboxylic acids is 1. The number of allylic oxidation sites excluding steroid dienone is 1. The Balaban J connectivity index is 1.70. The number of hydrogen-bond acceptors (Lipinski definition) is 5. The summed E-state index contributed by atoms with van der Waals surface area (Å²) in [6.45, 7) is 1.90. The fourth-order valence-electron chi connectivity index (χ4n) is 3.04. The SMILES string of the molecule is Cc1ccc2c(=O)[nH]c(/C(C#N)=C/c3ccc(-c4ccc(C(=O)O)cc4)o3)nc2c1. The maximum absolute atomic E-state index is 12.4. The average molecular weight is 397 g/mol. The van der Waals surface area contributed by atoms with E-state index < -0.39 is 5.97 Å². The van der Waals surface area contributed by atoms with Gasteiger partial charge in [0.1, 0.15) is 17.6 Å². The third kappa shape index (κ3) is 3.62. The van der Waals surface area contributed by atoms with Crippen LogP contribution >= 0.6 is 0 Å². The topological polar surface area (TPSA) is 120 Å². The van der Waals surface area contributed by atoms with E-state index >= 15 is 0 Å². The molecule has 0 bridgehead atoms. The second-order valence-electron chi connectivity index (χ2n) is 6.69. The summed E-state index contributed by atoms with van der Waals surface area (Å²) in [4.78, 5) is 30.4. The molecule has 0 aliphatic carbocycles. The molecular weight excluding hydrogens is 382 g/mol. The van der Waals surface area contributed by atoms with Gasteiger partial charge in [-0.05, 0) is 48.9 Å². The van der Waals surface area contributed by atoms with Crippen molar-refractivity contribution in [2.24, 2.45) is 0 Å². The van der Waals surface area contributed by atoms with Gasteiger partial charge in [-0.3, -0.25) is 4.79 Å². The highest BCUT2D eigenvalue weighted by Crippen LogP contribution is 2.25. The Labute approximate surface area is 170 Å². The molecule has 0 radical (unpaired) electrons. The van der Waals surface area contributed by atoms with Crippen LogP contribution in [-0.4, -0.2) is 21.0 Å². The standard InChI is InChI=1S/C23H15N3O4/c1-13-2-8-18-19(10-13)25-21(26-22(18)27)16(12-24)11-17-7-9-20(30-17)14-3-5-15(6-4-14)23(28)29/h2-11H,1H3,(H,28,29)(H,25,26,27)/b16-11+. The average Bonchev–Trinajstić information content (AvgIpc) is 3.20. The summed E-state index contributed by atoms with van der Waals surface area (Å²) in [6.07, 6.45) is 1.50. The molecule has 146 valence electrons. The molecule has 7 heteroatoms. The van der Waals surface area contributed by atoms with Crippen molar-refractivity contribution in [3.05, 3.63) is 87.7 Å². The van der Waals surface area contributed by atoms with Gasteiger partial charge < -0.3 is 14.5 Å². The zero-order valence-corrected chi connectivity index (χ0v) is 15.8. The van der Waals surface area contributed by atoms with Crippen LogP contribution in [0.1, 0.15) is 27.5 Å². The number of carboxylic acids is 1. The Hall–Kier alpha value is -4.44. The highest BCUT2D eigenvalue weighted by atomic mass is 16.4. The Bertz CT molecular complexity index is 1400. The van der Waals surface area contributed by atoms with Gasteiger partial charge in [0.05, 0.1) is 22.0 Å². The number of hydrogen-bond donors (Lipinski definition) is 2. The highest BCUT2D eigenvalue weighted by molar-refractivity contribution is 5.89. The van der Waals surface area contributed by atoms with E-state index in [1.165, 1.54) is 18.2 Å². The van der Waals surface area contributed by atoms with Gasteiger partial charge in [-0.15, -0.1) is 0 Å². The normalized spacial score (nSPS) is 11.4. The predicted molar refractivity (Wildman–Crippen MR) is 112 cm³/mol. The molecule has 0 fully saturated rings. The van der Waals surface area contributed by atoms with Gasteiger partial charge in [-0.1, -0.05) is 18.2 Å². The van der Waals surface area contributed by atoms with Gasteiger partial charge in [0, 0.05) is 11.6 Å². The zero-order valence-electron chi connectivity index (χ0n) is 15.8. The van der Waals surface area contributed by atoms with Crippen molar-refractivity contribution in [2.75, 3.05) is 0 Å². The molecule has 0 atom stereocenters. The first-order chi connectivity index (χ1) is 14.4. The van der Waals surface area contributed by atoms with Gasteiger partial charge in [0.25, 0.3) is 5.56 Å². The lowest BCUT2D eigenvalue weighted by Crippen LogP contribution is -2.11. The van der Waals surface area contributed by atoms with E-state index in [0.29, 0.717) is 28.0 Å². The van der Waals surface area contributed by atoms with Gasteiger partial charge >= 0.3 is 5.97 Å². The van der Waals surface area contributed by atoms with Crippen LogP contribution in [0.3, 0.4) is 0 Å². The number of carboxylic acid groups (broad SMARTS) is 1. The Morgan fingerprint density at radius 1 is 1.17 bits per heavy atom. The van der Waals surface area contributed by atoms with Crippen molar-refractivity contribution in [3.8, 4) is 17.4 Å². The molecule has 0 unspecified atom stereocenters. The van der Waals surface area contributed by atoms with Crippen molar-refractivity contribution in [3.63, 3.8) is 0 Å². The molecule has 0 saturated carbocycles. The lowest BCUT2D eigenvalue weighted by molar-refractivity contribution is 0.0697. The number of nitrogens with one attached hydrogen (secondary N) is 1. The number of nitriles is 1. The lowest BCUT2D eigenvalue weighted by atomic mass is 10.1. The molecule has 30 heavy (non-hydrogen) atoms. The molecule has 2 N–H and O–H groups in total. The monoisotopic (exact) mass is 397 g/mol. The van der Waals surface area contributed by atoms with Gasteiger partial charge in [0.2, 0.25) is 0 Å². The Morgan fingerprint density at radius 3 is 2.63 bits per heavy atom. The molecule has 4 rings (SSSR count). The number of H-pyrrole nitrogens is 1. The van der Waals surface area contributed by atoms with Crippen molar-refractivity contribution in [1.82, 2.24) is 9.97 Å². The number of aryl methyl sites for hydroxylation is 1. The predicted octanol–water partition coefficient (Wildman–Crippen LogP) is 4.25. The number of aromatic amines is 1. The van der Waals surface area contributed by atoms with E-state index in [4.69, 9.17) is 9.52 Å². The number of furan rings is 1. The molecular formula is C23H15N3O4. The van der Waals surface area contributed by atoms with E-state index in [-0.39, 0.29) is 22.5 Å². The van der Waals surface area contributed by atoms with Crippen LogP contribution in [0.15, 0.2) is 63.8 Å². The van der Waals surface area contributed by atoms with Gasteiger partial charge in [-0.25, -0.2) is 9.78 Å². The molecule has 7 nitrogen and oxygen atoms in total. The smallest absolute Gasteiger partial charge is 0.335 e. The van der Waals surface area contributed by atoms with Crippen LogP contribution < -0.4 is 5.56 Å². The van der Waals surface area contributed by atoms with Crippen LogP contribution in [-0.2, 0) is 0 Å². The van der Waals surface area contributed by atoms with Crippen molar-refractivity contribution >= 4 is 28.5 Å². The quantitative estimate of drug-likeness (QED) is 0.497. The third-order valence-electron chi connectivity index (χ3n) is 4.57. The largest absolute Gasteiger partial charge is 0.478 e. The summed E-state index contributed by atoms with van der Waals surface area (Å²) in [5.41, 5.74) is 2.17. The van der Waals surface area contributed by atoms with E-state index in [0.717, 1.165) is 5.56 Å². The number of benzene rings is 2. The van der Waals surface area contributed by atoms with Crippen LogP contribution in [0.5, 0.6) is 0 Å².